The van der Waals surface area contributed by atoms with Gasteiger partial charge in [0.15, 0.2) is 0 Å². The molecule has 0 aromatic rings. The van der Waals surface area contributed by atoms with E-state index in [2.05, 4.69) is 23.2 Å². The number of nitriles is 1. The largest absolute Gasteiger partial charge is 0.352 e. The molecular weight excluding hydrogens is 298 g/mol. The second-order valence-corrected chi connectivity index (χ2v) is 8.93. The third-order valence-corrected chi connectivity index (χ3v) is 7.67. The zero-order valence-electron chi connectivity index (χ0n) is 15.0. The Balaban J connectivity index is 1.36. The van der Waals surface area contributed by atoms with E-state index < -0.39 is 5.41 Å². The van der Waals surface area contributed by atoms with Crippen molar-refractivity contribution in [2.75, 3.05) is 13.1 Å². The maximum atomic E-state index is 12.9. The summed E-state index contributed by atoms with van der Waals surface area (Å²) in [6, 6.07) is 3.40. The topological polar surface area (TPSA) is 56.1 Å². The van der Waals surface area contributed by atoms with Crippen LogP contribution in [0.5, 0.6) is 0 Å². The lowest BCUT2D eigenvalue weighted by atomic mass is 9.85. The van der Waals surface area contributed by atoms with Crippen LogP contribution in [0.1, 0.15) is 71.1 Å². The lowest BCUT2D eigenvalue weighted by Crippen LogP contribution is -2.51. The highest BCUT2D eigenvalue weighted by atomic mass is 16.2. The molecule has 0 aromatic carbocycles. The average molecular weight is 329 g/mol. The molecule has 1 amide bonds. The molecule has 0 unspecified atom stereocenters. The van der Waals surface area contributed by atoms with Crippen molar-refractivity contribution in [2.45, 2.75) is 83.2 Å². The van der Waals surface area contributed by atoms with Crippen molar-refractivity contribution in [1.82, 2.24) is 10.2 Å². The van der Waals surface area contributed by atoms with E-state index in [0.29, 0.717) is 5.92 Å². The van der Waals surface area contributed by atoms with E-state index in [0.717, 1.165) is 31.8 Å². The summed E-state index contributed by atoms with van der Waals surface area (Å²) in [6.45, 7) is 4.51. The Kier molecular flexibility index (Phi) is 4.11. The molecule has 4 rings (SSSR count). The van der Waals surface area contributed by atoms with Gasteiger partial charge < -0.3 is 10.2 Å². The molecule has 4 aliphatic rings. The van der Waals surface area contributed by atoms with Gasteiger partial charge in [0.05, 0.1) is 6.07 Å². The van der Waals surface area contributed by atoms with Gasteiger partial charge in [0.1, 0.15) is 5.41 Å². The molecule has 4 nitrogen and oxygen atoms in total. The molecule has 24 heavy (non-hydrogen) atoms. The van der Waals surface area contributed by atoms with Gasteiger partial charge in [0.2, 0.25) is 5.91 Å². The number of carbonyl (C=O) groups is 1. The molecular formula is C20H31N3O. The number of nitrogens with one attached hydrogen (secondary N) is 1. The molecule has 0 radical (unpaired) electrons. The highest BCUT2D eigenvalue weighted by Crippen LogP contribution is 2.71. The summed E-state index contributed by atoms with van der Waals surface area (Å²) in [7, 11) is 0. The number of hydrogen-bond donors (Lipinski definition) is 1. The number of carbonyl (C=O) groups excluding carboxylic acids is 1. The maximum absolute atomic E-state index is 12.9. The summed E-state index contributed by atoms with van der Waals surface area (Å²) in [4.78, 5) is 15.6. The van der Waals surface area contributed by atoms with Crippen LogP contribution < -0.4 is 5.32 Å². The van der Waals surface area contributed by atoms with Crippen LogP contribution in [-0.2, 0) is 4.79 Å². The molecule has 0 bridgehead atoms. The zero-order chi connectivity index (χ0) is 16.8. The Morgan fingerprint density at radius 2 is 1.96 bits per heavy atom. The Hall–Kier alpha value is -1.08. The van der Waals surface area contributed by atoms with Crippen molar-refractivity contribution >= 4 is 5.91 Å². The third-order valence-electron chi connectivity index (χ3n) is 7.67. The van der Waals surface area contributed by atoms with Gasteiger partial charge in [-0.2, -0.15) is 5.26 Å². The fraction of sp³-hybridized carbons (Fsp3) is 0.900. The predicted octanol–water partition coefficient (Wildman–Crippen LogP) is 3.23. The van der Waals surface area contributed by atoms with Crippen molar-refractivity contribution in [3.05, 3.63) is 0 Å². The van der Waals surface area contributed by atoms with Crippen molar-refractivity contribution in [1.29, 1.82) is 5.26 Å². The molecule has 3 aliphatic carbocycles. The van der Waals surface area contributed by atoms with Gasteiger partial charge in [0.25, 0.3) is 0 Å². The first kappa shape index (κ1) is 16.4. The number of rotatable bonds is 4. The quantitative estimate of drug-likeness (QED) is 0.861. The maximum Gasteiger partial charge on any atom is 0.241 e. The summed E-state index contributed by atoms with van der Waals surface area (Å²) in [5.41, 5.74) is -0.684. The number of likely N-dealkylation sites (tertiary alicyclic amines) is 1. The normalized spacial score (nSPS) is 36.8. The predicted molar refractivity (Wildman–Crippen MR) is 93.1 cm³/mol. The van der Waals surface area contributed by atoms with E-state index in [1.54, 1.807) is 0 Å². The van der Waals surface area contributed by atoms with Gasteiger partial charge in [-0.25, -0.2) is 0 Å². The Morgan fingerprint density at radius 1 is 1.21 bits per heavy atom. The molecule has 1 saturated heterocycles. The van der Waals surface area contributed by atoms with Gasteiger partial charge in [-0.3, -0.25) is 4.79 Å². The van der Waals surface area contributed by atoms with Crippen LogP contribution in [0.2, 0.25) is 0 Å². The van der Waals surface area contributed by atoms with E-state index in [4.69, 9.17) is 0 Å². The van der Waals surface area contributed by atoms with Crippen LogP contribution in [0.3, 0.4) is 0 Å². The Bertz CT molecular complexity index is 544. The van der Waals surface area contributed by atoms with E-state index >= 15 is 0 Å². The van der Waals surface area contributed by atoms with Crippen molar-refractivity contribution in [3.8, 4) is 6.07 Å². The Labute approximate surface area is 146 Å². The first-order valence-electron chi connectivity index (χ1n) is 10.1. The fourth-order valence-electron chi connectivity index (χ4n) is 5.63. The third kappa shape index (κ3) is 2.47. The van der Waals surface area contributed by atoms with Crippen molar-refractivity contribution in [2.24, 2.45) is 16.7 Å². The molecule has 1 heterocycles. The van der Waals surface area contributed by atoms with E-state index in [9.17, 15) is 10.1 Å². The van der Waals surface area contributed by atoms with Crippen LogP contribution in [0, 0.1) is 28.1 Å². The minimum Gasteiger partial charge on any atom is -0.352 e. The lowest BCUT2D eigenvalue weighted by molar-refractivity contribution is -0.126. The first-order chi connectivity index (χ1) is 11.6. The molecule has 3 atom stereocenters. The van der Waals surface area contributed by atoms with Crippen molar-refractivity contribution in [3.63, 3.8) is 0 Å². The molecule has 132 valence electrons. The van der Waals surface area contributed by atoms with Gasteiger partial charge in [-0.1, -0.05) is 19.3 Å². The molecule has 1 aliphatic heterocycles. The van der Waals surface area contributed by atoms with Crippen LogP contribution in [0.15, 0.2) is 0 Å². The van der Waals surface area contributed by atoms with Crippen LogP contribution in [0.25, 0.3) is 0 Å². The SMILES string of the molecule is C[C@H](NC(=O)[C@@]1(C#N)CC12CCCC2)[C@H]1CCCN(C2CCC2)C1. The Morgan fingerprint density at radius 3 is 2.58 bits per heavy atom. The smallest absolute Gasteiger partial charge is 0.241 e. The van der Waals surface area contributed by atoms with Crippen LogP contribution >= 0.6 is 0 Å². The van der Waals surface area contributed by atoms with Gasteiger partial charge in [-0.15, -0.1) is 0 Å². The lowest BCUT2D eigenvalue weighted by Gasteiger charge is -2.44. The highest BCUT2D eigenvalue weighted by Gasteiger charge is 2.72. The second kappa shape index (κ2) is 6.02. The monoisotopic (exact) mass is 329 g/mol. The van der Waals surface area contributed by atoms with Crippen LogP contribution in [-0.4, -0.2) is 36.0 Å². The number of nitrogens with zero attached hydrogens (tertiary/aromatic N) is 2. The minimum absolute atomic E-state index is 0.0239. The summed E-state index contributed by atoms with van der Waals surface area (Å²) in [5.74, 6) is 0.567. The van der Waals surface area contributed by atoms with E-state index in [1.807, 2.05) is 0 Å². The summed E-state index contributed by atoms with van der Waals surface area (Å²) < 4.78 is 0. The average Bonchev–Trinajstić information content (AvgIpc) is 2.92. The van der Waals surface area contributed by atoms with E-state index in [-0.39, 0.29) is 17.4 Å². The molecule has 0 aromatic heterocycles. The number of amides is 1. The van der Waals surface area contributed by atoms with Crippen LogP contribution in [0.4, 0.5) is 0 Å². The summed E-state index contributed by atoms with van der Waals surface area (Å²) in [6.07, 6.45) is 11.9. The molecule has 3 saturated carbocycles. The highest BCUT2D eigenvalue weighted by molar-refractivity contribution is 5.90. The summed E-state index contributed by atoms with van der Waals surface area (Å²) in [5, 5.41) is 13.0. The molecule has 4 fully saturated rings. The zero-order valence-corrected chi connectivity index (χ0v) is 15.0. The van der Waals surface area contributed by atoms with Gasteiger partial charge in [0, 0.05) is 24.0 Å². The molecule has 4 heteroatoms. The van der Waals surface area contributed by atoms with Crippen molar-refractivity contribution < 1.29 is 4.79 Å². The molecule has 1 spiro atoms. The van der Waals surface area contributed by atoms with Gasteiger partial charge in [-0.05, 0) is 64.3 Å². The second-order valence-electron chi connectivity index (χ2n) is 8.93. The summed E-state index contributed by atoms with van der Waals surface area (Å²) >= 11 is 0. The number of hydrogen-bond acceptors (Lipinski definition) is 3. The fourth-order valence-corrected chi connectivity index (χ4v) is 5.63. The molecule has 1 N–H and O–H groups in total. The van der Waals surface area contributed by atoms with Gasteiger partial charge >= 0.3 is 0 Å². The first-order valence-corrected chi connectivity index (χ1v) is 10.1. The minimum atomic E-state index is -0.708. The standard InChI is InChI=1S/C20H31N3O/c1-15(16-6-5-11-23(12-16)17-7-4-8-17)22-18(24)20(14-21)13-19(20)9-2-3-10-19/h15-17H,2-13H2,1H3,(H,22,24)/t15-,16-,20-/m0/s1. The van der Waals surface area contributed by atoms with E-state index in [1.165, 1.54) is 51.5 Å². The number of piperidine rings is 1.